The first-order valence-corrected chi connectivity index (χ1v) is 12.2. The molecular formula is C22H32ClFN6O3. The topological polar surface area (TPSA) is 83.9 Å². The van der Waals surface area contributed by atoms with Crippen LogP contribution in [0.15, 0.2) is 0 Å². The van der Waals surface area contributed by atoms with Crippen LogP contribution in [0.1, 0.15) is 52.9 Å². The van der Waals surface area contributed by atoms with Crippen LogP contribution < -0.4 is 9.64 Å². The summed E-state index contributed by atoms with van der Waals surface area (Å²) in [4.78, 5) is 31.8. The summed E-state index contributed by atoms with van der Waals surface area (Å²) >= 11 is 6.21. The van der Waals surface area contributed by atoms with Gasteiger partial charge in [0.2, 0.25) is 11.2 Å². The zero-order valence-electron chi connectivity index (χ0n) is 19.5. The van der Waals surface area contributed by atoms with Gasteiger partial charge >= 0.3 is 12.1 Å². The lowest BCUT2D eigenvalue weighted by molar-refractivity contribution is 0.0122. The van der Waals surface area contributed by atoms with E-state index in [1.807, 2.05) is 30.6 Å². The maximum atomic E-state index is 14.0. The molecule has 11 heteroatoms. The second kappa shape index (κ2) is 8.37. The predicted molar refractivity (Wildman–Crippen MR) is 120 cm³/mol. The minimum absolute atomic E-state index is 0.0319. The highest BCUT2D eigenvalue weighted by molar-refractivity contribution is 6.28. The smallest absolute Gasteiger partial charge is 0.410 e. The number of halogens is 2. The summed E-state index contributed by atoms with van der Waals surface area (Å²) in [5.74, 6) is 0.446. The molecule has 0 unspecified atom stereocenters. The Balaban J connectivity index is 1.27. The monoisotopic (exact) mass is 482 g/mol. The highest BCUT2D eigenvalue weighted by atomic mass is 35.5. The number of fused-ring (bicyclic) bond motifs is 3. The predicted octanol–water partition coefficient (Wildman–Crippen LogP) is 3.07. The highest BCUT2D eigenvalue weighted by Gasteiger charge is 2.49. The fourth-order valence-electron chi connectivity index (χ4n) is 5.85. The quantitative estimate of drug-likeness (QED) is 0.647. The third kappa shape index (κ3) is 4.56. The number of aromatic nitrogens is 3. The lowest BCUT2D eigenvalue weighted by Crippen LogP contribution is -2.57. The van der Waals surface area contributed by atoms with E-state index < -0.39 is 11.8 Å². The minimum Gasteiger partial charge on any atom is -0.461 e. The van der Waals surface area contributed by atoms with Crippen LogP contribution in [0, 0.1) is 0 Å². The maximum absolute atomic E-state index is 14.0. The number of carbonyl (C=O) groups is 1. The fourth-order valence-corrected chi connectivity index (χ4v) is 6.00. The van der Waals surface area contributed by atoms with E-state index in [1.165, 1.54) is 0 Å². The van der Waals surface area contributed by atoms with Crippen molar-refractivity contribution in [3.8, 4) is 6.01 Å². The second-order valence-electron chi connectivity index (χ2n) is 10.7. The zero-order valence-corrected chi connectivity index (χ0v) is 20.2. The van der Waals surface area contributed by atoms with Crippen molar-refractivity contribution in [2.75, 3.05) is 37.7 Å². The average Bonchev–Trinajstić information content (AvgIpc) is 3.32. The molecule has 1 aromatic rings. The summed E-state index contributed by atoms with van der Waals surface area (Å²) in [5, 5.41) is 0.0625. The normalized spacial score (nSPS) is 31.7. The van der Waals surface area contributed by atoms with Crippen LogP contribution in [-0.2, 0) is 4.74 Å². The lowest BCUT2D eigenvalue weighted by atomic mass is 9.95. The van der Waals surface area contributed by atoms with Crippen molar-refractivity contribution in [3.63, 3.8) is 0 Å². The number of amides is 1. The number of carbonyl (C=O) groups excluding carboxylic acids is 1. The van der Waals surface area contributed by atoms with Gasteiger partial charge in [-0.1, -0.05) is 0 Å². The maximum Gasteiger partial charge on any atom is 0.410 e. The number of ether oxygens (including phenoxy) is 2. The number of piperazine rings is 1. The van der Waals surface area contributed by atoms with Gasteiger partial charge in [-0.2, -0.15) is 15.0 Å². The van der Waals surface area contributed by atoms with Gasteiger partial charge in [-0.15, -0.1) is 0 Å². The Morgan fingerprint density at radius 3 is 2.61 bits per heavy atom. The van der Waals surface area contributed by atoms with Crippen molar-refractivity contribution < 1.29 is 18.7 Å². The molecule has 2 bridgehead atoms. The molecule has 5 rings (SSSR count). The molecule has 1 amide bonds. The molecule has 5 heterocycles. The van der Waals surface area contributed by atoms with Crippen LogP contribution in [0.5, 0.6) is 6.01 Å². The van der Waals surface area contributed by atoms with Crippen LogP contribution >= 0.6 is 11.6 Å². The summed E-state index contributed by atoms with van der Waals surface area (Å²) in [6.07, 6.45) is 3.17. The summed E-state index contributed by atoms with van der Waals surface area (Å²) < 4.78 is 25.6. The van der Waals surface area contributed by atoms with Gasteiger partial charge in [0.1, 0.15) is 18.4 Å². The number of alkyl halides is 1. The molecule has 0 radical (unpaired) electrons. The molecule has 4 saturated heterocycles. The Morgan fingerprint density at radius 2 is 1.91 bits per heavy atom. The van der Waals surface area contributed by atoms with Gasteiger partial charge in [-0.25, -0.2) is 9.18 Å². The van der Waals surface area contributed by atoms with Gasteiger partial charge in [0.25, 0.3) is 0 Å². The summed E-state index contributed by atoms with van der Waals surface area (Å²) in [5.41, 5.74) is -0.811. The molecule has 9 nitrogen and oxygen atoms in total. The van der Waals surface area contributed by atoms with E-state index in [2.05, 4.69) is 19.9 Å². The standard InChI is InChI=1S/C22H32ClFN6O3/c1-21(2,3)33-20(31)30-15-5-6-16(30)12-28(11-15)18-25-17(23)26-19(27-18)32-13-22-7-4-8-29(22)10-14(24)9-22/h14-16H,4-13H2,1-3H3/t14-,15-,16+,22+/m1/s1. The molecule has 0 spiro atoms. The Labute approximate surface area is 198 Å². The molecule has 4 fully saturated rings. The van der Waals surface area contributed by atoms with E-state index >= 15 is 0 Å². The summed E-state index contributed by atoms with van der Waals surface area (Å²) in [6, 6.07) is 0.226. The van der Waals surface area contributed by atoms with Crippen LogP contribution in [-0.4, -0.2) is 93.0 Å². The minimum atomic E-state index is -0.817. The lowest BCUT2D eigenvalue weighted by Gasteiger charge is -2.41. The van der Waals surface area contributed by atoms with Crippen molar-refractivity contribution in [2.24, 2.45) is 0 Å². The molecule has 0 aliphatic carbocycles. The van der Waals surface area contributed by atoms with Crippen LogP contribution in [0.2, 0.25) is 5.28 Å². The molecular weight excluding hydrogens is 451 g/mol. The van der Waals surface area contributed by atoms with Crippen molar-refractivity contribution in [3.05, 3.63) is 5.28 Å². The van der Waals surface area contributed by atoms with Crippen LogP contribution in [0.25, 0.3) is 0 Å². The number of nitrogens with zero attached hydrogens (tertiary/aromatic N) is 6. The van der Waals surface area contributed by atoms with E-state index in [4.69, 9.17) is 21.1 Å². The number of hydrogen-bond acceptors (Lipinski definition) is 8. The summed E-state index contributed by atoms with van der Waals surface area (Å²) in [6.45, 7) is 8.52. The Hall–Kier alpha value is -1.94. The van der Waals surface area contributed by atoms with Crippen molar-refractivity contribution in [1.82, 2.24) is 24.8 Å². The first-order valence-electron chi connectivity index (χ1n) is 11.8. The average molecular weight is 483 g/mol. The fraction of sp³-hybridized carbons (Fsp3) is 0.818. The van der Waals surface area contributed by atoms with E-state index in [9.17, 15) is 9.18 Å². The van der Waals surface area contributed by atoms with E-state index in [0.29, 0.717) is 38.6 Å². The van der Waals surface area contributed by atoms with Gasteiger partial charge in [-0.05, 0) is 64.6 Å². The van der Waals surface area contributed by atoms with Gasteiger partial charge < -0.3 is 14.4 Å². The molecule has 4 aliphatic rings. The molecule has 1 aromatic heterocycles. The third-order valence-corrected chi connectivity index (χ3v) is 7.35. The van der Waals surface area contributed by atoms with Gasteiger partial charge in [-0.3, -0.25) is 9.80 Å². The molecule has 0 N–H and O–H groups in total. The molecule has 33 heavy (non-hydrogen) atoms. The van der Waals surface area contributed by atoms with Crippen molar-refractivity contribution in [2.45, 2.75) is 82.3 Å². The Kier molecular flexibility index (Phi) is 5.79. The Morgan fingerprint density at radius 1 is 1.18 bits per heavy atom. The number of anilines is 1. The highest BCUT2D eigenvalue weighted by Crippen LogP contribution is 2.40. The molecule has 4 aliphatic heterocycles. The molecule has 4 atom stereocenters. The van der Waals surface area contributed by atoms with Gasteiger partial charge in [0, 0.05) is 26.1 Å². The molecule has 182 valence electrons. The molecule has 0 saturated carbocycles. The van der Waals surface area contributed by atoms with Crippen molar-refractivity contribution in [1.29, 1.82) is 0 Å². The number of rotatable bonds is 4. The first-order chi connectivity index (χ1) is 15.6. The zero-order chi connectivity index (χ0) is 23.4. The van der Waals surface area contributed by atoms with Gasteiger partial charge in [0.15, 0.2) is 0 Å². The van der Waals surface area contributed by atoms with Crippen LogP contribution in [0.4, 0.5) is 15.1 Å². The van der Waals surface area contributed by atoms with E-state index in [0.717, 1.165) is 32.2 Å². The van der Waals surface area contributed by atoms with E-state index in [1.54, 1.807) is 0 Å². The van der Waals surface area contributed by atoms with Crippen molar-refractivity contribution >= 4 is 23.6 Å². The SMILES string of the molecule is CC(C)(C)OC(=O)N1[C@@H]2CC[C@H]1CN(c1nc(Cl)nc(OC[C@@]34CCCN3C[C@H](F)C4)n1)C2. The van der Waals surface area contributed by atoms with E-state index in [-0.39, 0.29) is 35.0 Å². The second-order valence-corrected chi connectivity index (χ2v) is 11.1. The first kappa shape index (κ1) is 22.8. The molecule has 0 aromatic carbocycles. The largest absolute Gasteiger partial charge is 0.461 e. The summed E-state index contributed by atoms with van der Waals surface area (Å²) in [7, 11) is 0. The van der Waals surface area contributed by atoms with Crippen LogP contribution in [0.3, 0.4) is 0 Å². The third-order valence-electron chi connectivity index (χ3n) is 7.18. The number of hydrogen-bond donors (Lipinski definition) is 0. The Bertz CT molecular complexity index is 903. The van der Waals surface area contributed by atoms with Gasteiger partial charge in [0.05, 0.1) is 17.6 Å².